The van der Waals surface area contributed by atoms with Gasteiger partial charge in [0, 0.05) is 61.5 Å². The van der Waals surface area contributed by atoms with E-state index in [1.54, 1.807) is 36.4 Å². The molecule has 15 nitrogen and oxygen atoms in total. The van der Waals surface area contributed by atoms with Gasteiger partial charge in [0.05, 0.1) is 35.0 Å². The number of rotatable bonds is 14. The van der Waals surface area contributed by atoms with Gasteiger partial charge in [-0.25, -0.2) is 9.37 Å². The molecule has 8 rings (SSSR count). The summed E-state index contributed by atoms with van der Waals surface area (Å²) in [5.41, 5.74) is 3.34. The Balaban J connectivity index is 0.800. The maximum Gasteiger partial charge on any atom is 0.265 e. The van der Waals surface area contributed by atoms with Gasteiger partial charge >= 0.3 is 0 Å². The molecule has 2 fully saturated rings. The van der Waals surface area contributed by atoms with Gasteiger partial charge in [-0.2, -0.15) is 4.98 Å². The van der Waals surface area contributed by atoms with Crippen LogP contribution in [0.4, 0.5) is 33.2 Å². The maximum absolute atomic E-state index is 15.0. The van der Waals surface area contributed by atoms with E-state index in [1.165, 1.54) is 24.0 Å². The van der Waals surface area contributed by atoms with E-state index in [-0.39, 0.29) is 35.7 Å². The number of benzene rings is 2. The number of thiophene rings is 1. The molecule has 4 aliphatic rings. The van der Waals surface area contributed by atoms with Crippen molar-refractivity contribution in [3.8, 4) is 5.75 Å². The summed E-state index contributed by atoms with van der Waals surface area (Å²) < 4.78 is 20.6. The molecular weight excluding hydrogens is 778 g/mol. The van der Waals surface area contributed by atoms with Gasteiger partial charge in [0.25, 0.3) is 17.7 Å². The fourth-order valence-electron chi connectivity index (χ4n) is 7.84. The molecule has 1 atom stereocenters. The van der Waals surface area contributed by atoms with Crippen molar-refractivity contribution in [2.75, 3.05) is 67.2 Å². The monoisotopic (exact) mass is 821 g/mol. The molecule has 4 N–H and O–H groups in total. The number of methoxy groups -OCH3 is 1. The van der Waals surface area contributed by atoms with Crippen LogP contribution in [0.3, 0.4) is 0 Å². The van der Waals surface area contributed by atoms with Gasteiger partial charge in [-0.1, -0.05) is 12.1 Å². The number of ether oxygens (including phenoxy) is 1. The van der Waals surface area contributed by atoms with Crippen molar-refractivity contribution >= 4 is 75.3 Å². The van der Waals surface area contributed by atoms with Gasteiger partial charge < -0.3 is 25.6 Å². The Morgan fingerprint density at radius 2 is 1.85 bits per heavy atom. The first-order valence-electron chi connectivity index (χ1n) is 19.8. The fraction of sp³-hybridized carbons (Fsp3) is 0.357. The third-order valence-electron chi connectivity index (χ3n) is 11.0. The summed E-state index contributed by atoms with van der Waals surface area (Å²) >= 11 is 1.47. The highest BCUT2D eigenvalue weighted by Crippen LogP contribution is 2.35. The summed E-state index contributed by atoms with van der Waals surface area (Å²) in [6, 6.07) is 13.0. The molecule has 0 saturated carbocycles. The van der Waals surface area contributed by atoms with Crippen molar-refractivity contribution in [1.82, 2.24) is 25.1 Å². The number of carbonyl (C=O) groups is 5. The van der Waals surface area contributed by atoms with Crippen LogP contribution in [-0.4, -0.2) is 102 Å². The number of allylic oxidation sites excluding steroid dienone is 2. The van der Waals surface area contributed by atoms with Crippen LogP contribution in [0.2, 0.25) is 0 Å². The number of nitrogens with one attached hydrogen (secondary N) is 4. The van der Waals surface area contributed by atoms with Crippen molar-refractivity contribution < 1.29 is 33.1 Å². The molecule has 5 heterocycles. The van der Waals surface area contributed by atoms with Gasteiger partial charge in [-0.05, 0) is 87.0 Å². The van der Waals surface area contributed by atoms with E-state index in [0.717, 1.165) is 67.7 Å². The van der Waals surface area contributed by atoms with Gasteiger partial charge in [-0.3, -0.25) is 39.1 Å². The van der Waals surface area contributed by atoms with Gasteiger partial charge in [0.15, 0.2) is 11.6 Å². The Morgan fingerprint density at radius 1 is 1.00 bits per heavy atom. The molecule has 17 heteroatoms. The van der Waals surface area contributed by atoms with E-state index in [2.05, 4.69) is 42.2 Å². The number of imide groups is 2. The first-order valence-corrected chi connectivity index (χ1v) is 20.6. The number of piperazine rings is 1. The lowest BCUT2D eigenvalue weighted by molar-refractivity contribution is -0.136. The van der Waals surface area contributed by atoms with Gasteiger partial charge in [-0.15, -0.1) is 11.3 Å². The van der Waals surface area contributed by atoms with E-state index in [9.17, 15) is 28.4 Å². The summed E-state index contributed by atoms with van der Waals surface area (Å²) in [4.78, 5) is 79.5. The quantitative estimate of drug-likeness (QED) is 0.0908. The molecule has 4 aromatic rings. The van der Waals surface area contributed by atoms with Crippen molar-refractivity contribution in [3.05, 3.63) is 87.5 Å². The van der Waals surface area contributed by atoms with Crippen LogP contribution in [0, 0.1) is 5.82 Å². The molecule has 2 saturated heterocycles. The van der Waals surface area contributed by atoms with Crippen LogP contribution in [0.25, 0.3) is 5.57 Å². The number of nitrogens with zero attached hydrogens (tertiary/aromatic N) is 5. The maximum atomic E-state index is 15.0. The average molecular weight is 822 g/mol. The lowest BCUT2D eigenvalue weighted by Crippen LogP contribution is -2.54. The molecule has 1 unspecified atom stereocenters. The van der Waals surface area contributed by atoms with Crippen LogP contribution in [0.5, 0.6) is 5.75 Å². The molecule has 1 aliphatic carbocycles. The third kappa shape index (κ3) is 8.52. The predicted molar refractivity (Wildman–Crippen MR) is 222 cm³/mol. The molecule has 2 aromatic heterocycles. The normalized spacial score (nSPS) is 18.1. The second-order valence-electron chi connectivity index (χ2n) is 14.8. The number of hydrogen-bond donors (Lipinski definition) is 4. The van der Waals surface area contributed by atoms with E-state index in [0.29, 0.717) is 53.3 Å². The van der Waals surface area contributed by atoms with Crippen LogP contribution < -0.4 is 30.9 Å². The Bertz CT molecular complexity index is 2340. The topological polar surface area (TPSA) is 178 Å². The smallest absolute Gasteiger partial charge is 0.265 e. The highest BCUT2D eigenvalue weighted by Gasteiger charge is 2.45. The molecule has 2 aromatic carbocycles. The van der Waals surface area contributed by atoms with Gasteiger partial charge in [0.1, 0.15) is 11.8 Å². The summed E-state index contributed by atoms with van der Waals surface area (Å²) in [5.74, 6) is -2.10. The van der Waals surface area contributed by atoms with Gasteiger partial charge in [0.2, 0.25) is 17.8 Å². The lowest BCUT2D eigenvalue weighted by Gasteiger charge is -2.34. The summed E-state index contributed by atoms with van der Waals surface area (Å²) in [7, 11) is 1.51. The number of fused-ring (bicyclic) bond motifs is 1. The molecular formula is C42H44FN9O6S. The Kier molecular flexibility index (Phi) is 11.6. The van der Waals surface area contributed by atoms with Crippen molar-refractivity contribution in [3.63, 3.8) is 0 Å². The Hall–Kier alpha value is -6.20. The zero-order valence-electron chi connectivity index (χ0n) is 32.5. The number of hydrogen-bond acceptors (Lipinski definition) is 13. The van der Waals surface area contributed by atoms with E-state index >= 15 is 0 Å². The third-order valence-corrected chi connectivity index (χ3v) is 12.1. The average Bonchev–Trinajstić information content (AvgIpc) is 4.01. The minimum absolute atomic E-state index is 0.0231. The SMILES string of the molecule is COc1cc(Nc2nc(N3CCN(CCCCNc4cccc5c4C(=O)N(C4CCC(=O)NC4=O)C5=O)CC3)ncc2F)ccc1NC(=O)c1ccc(C2=CCCC2)s1. The van der Waals surface area contributed by atoms with Crippen LogP contribution >= 0.6 is 11.3 Å². The number of aromatic nitrogens is 2. The Morgan fingerprint density at radius 3 is 2.63 bits per heavy atom. The number of carbonyl (C=O) groups excluding carboxylic acids is 5. The summed E-state index contributed by atoms with van der Waals surface area (Å²) in [6.45, 7) is 4.28. The summed E-state index contributed by atoms with van der Waals surface area (Å²) in [5, 5.41) is 11.5. The fourth-order valence-corrected chi connectivity index (χ4v) is 8.80. The number of amides is 5. The predicted octanol–water partition coefficient (Wildman–Crippen LogP) is 5.66. The zero-order valence-corrected chi connectivity index (χ0v) is 33.3. The molecule has 59 heavy (non-hydrogen) atoms. The first-order chi connectivity index (χ1) is 28.7. The van der Waals surface area contributed by atoms with Crippen molar-refractivity contribution in [1.29, 1.82) is 0 Å². The second-order valence-corrected chi connectivity index (χ2v) is 15.9. The lowest BCUT2D eigenvalue weighted by atomic mass is 10.0. The van der Waals surface area contributed by atoms with E-state index in [1.807, 2.05) is 17.0 Å². The molecule has 5 amide bonds. The van der Waals surface area contributed by atoms with E-state index < -0.39 is 35.5 Å². The molecule has 0 spiro atoms. The molecule has 3 aliphatic heterocycles. The first kappa shape index (κ1) is 39.6. The molecule has 0 bridgehead atoms. The van der Waals surface area contributed by atoms with E-state index in [4.69, 9.17) is 4.74 Å². The van der Waals surface area contributed by atoms with Crippen LogP contribution in [-0.2, 0) is 9.59 Å². The number of halogens is 1. The standard InChI is InChI=1S/C42H44FN9O6S/c1-58-32-23-26(11-12-29(32)47-39(55)34-15-14-33(59-34)25-7-2-3-8-25)46-37-28(43)24-45-42(49-37)51-21-19-50(20-22-51)18-5-4-17-44-30-10-6-9-27-36(30)41(57)52(40(27)56)31-13-16-35(53)48-38(31)54/h6-7,9-12,14-15,23-24,31,44H,2-5,8,13,16-22H2,1H3,(H,47,55)(H,45,46,49)(H,48,53,54). The highest BCUT2D eigenvalue weighted by atomic mass is 32.1. The van der Waals surface area contributed by atoms with Crippen molar-refractivity contribution in [2.45, 2.75) is 51.0 Å². The zero-order chi connectivity index (χ0) is 41.0. The molecule has 0 radical (unpaired) electrons. The van der Waals surface area contributed by atoms with Crippen LogP contribution in [0.1, 0.15) is 80.2 Å². The number of unbranched alkanes of at least 4 members (excludes halogenated alkanes) is 1. The largest absolute Gasteiger partial charge is 0.494 e. The molecule has 306 valence electrons. The number of piperidine rings is 1. The van der Waals surface area contributed by atoms with Crippen LogP contribution in [0.15, 0.2) is 60.8 Å². The number of anilines is 5. The Labute approximate surface area is 344 Å². The minimum Gasteiger partial charge on any atom is -0.494 e. The second kappa shape index (κ2) is 17.3. The highest BCUT2D eigenvalue weighted by molar-refractivity contribution is 7.15. The van der Waals surface area contributed by atoms with Crippen molar-refractivity contribution in [2.24, 2.45) is 0 Å². The summed E-state index contributed by atoms with van der Waals surface area (Å²) in [6.07, 6.45) is 8.50. The minimum atomic E-state index is -1.01.